The molecule has 0 unspecified atom stereocenters. The summed E-state index contributed by atoms with van der Waals surface area (Å²) in [5, 5.41) is 7.68. The maximum Gasteiger partial charge on any atom is 0.252 e. The van der Waals surface area contributed by atoms with E-state index in [-0.39, 0.29) is 5.91 Å². The number of guanidine groups is 1. The van der Waals surface area contributed by atoms with E-state index in [2.05, 4.69) is 20.5 Å². The summed E-state index contributed by atoms with van der Waals surface area (Å²) in [7, 11) is 1.55. The molecule has 27 heavy (non-hydrogen) atoms. The van der Waals surface area contributed by atoms with Crippen molar-refractivity contribution in [3.05, 3.63) is 17.5 Å². The summed E-state index contributed by atoms with van der Waals surface area (Å²) < 4.78 is 26.6. The van der Waals surface area contributed by atoms with Gasteiger partial charge in [-0.15, -0.1) is 11.3 Å². The molecular formula is C17H29N5O3S2. The Labute approximate surface area is 165 Å². The van der Waals surface area contributed by atoms with Crippen LogP contribution in [-0.2, 0) is 14.8 Å². The molecule has 2 rings (SSSR count). The Morgan fingerprint density at radius 3 is 2.67 bits per heavy atom. The molecule has 0 atom stereocenters. The zero-order chi connectivity index (χ0) is 19.9. The first-order chi connectivity index (χ1) is 12.9. The van der Waals surface area contributed by atoms with Crippen LogP contribution in [-0.4, -0.2) is 76.8 Å². The third-order valence-corrected chi connectivity index (χ3v) is 7.98. The normalized spacial score (nSPS) is 16.6. The topological polar surface area (TPSA) is 94.1 Å². The highest BCUT2D eigenvalue weighted by Crippen LogP contribution is 2.21. The van der Waals surface area contributed by atoms with Crippen molar-refractivity contribution in [1.82, 2.24) is 19.8 Å². The molecule has 10 heteroatoms. The molecule has 1 aliphatic rings. The molecule has 1 aromatic heterocycles. The number of amides is 1. The third kappa shape index (κ3) is 5.91. The lowest BCUT2D eigenvalue weighted by Gasteiger charge is -2.34. The molecule has 0 aromatic carbocycles. The second kappa shape index (κ2) is 10.0. The van der Waals surface area contributed by atoms with Crippen LogP contribution in [0.25, 0.3) is 0 Å². The number of rotatable bonds is 7. The SMILES string of the molecule is CN=C(NCCN(C)S(=O)(=O)c1cccs1)N1CCC(CC(=O)NC)CC1. The van der Waals surface area contributed by atoms with Crippen molar-refractivity contribution < 1.29 is 13.2 Å². The number of carbonyl (C=O) groups is 1. The lowest BCUT2D eigenvalue weighted by atomic mass is 9.93. The van der Waals surface area contributed by atoms with Crippen molar-refractivity contribution in [2.45, 2.75) is 23.5 Å². The number of hydrogen-bond donors (Lipinski definition) is 2. The minimum Gasteiger partial charge on any atom is -0.359 e. The monoisotopic (exact) mass is 415 g/mol. The molecule has 2 heterocycles. The molecule has 152 valence electrons. The molecule has 8 nitrogen and oxygen atoms in total. The smallest absolute Gasteiger partial charge is 0.252 e. The number of nitrogens with one attached hydrogen (secondary N) is 2. The van der Waals surface area contributed by atoms with Crippen LogP contribution in [0.15, 0.2) is 26.7 Å². The molecule has 1 saturated heterocycles. The van der Waals surface area contributed by atoms with E-state index in [0.29, 0.717) is 29.6 Å². The standard InChI is InChI=1S/C17H29N5O3S2/c1-18-15(23)13-14-6-9-22(10-7-14)17(19-2)20-8-11-21(3)27(24,25)16-5-4-12-26-16/h4-5,12,14H,6-11,13H2,1-3H3,(H,18,23)(H,19,20). The predicted octanol–water partition coefficient (Wildman–Crippen LogP) is 0.792. The number of likely N-dealkylation sites (N-methyl/N-ethyl adjacent to an activating group) is 1. The van der Waals surface area contributed by atoms with Crippen molar-refractivity contribution in [2.75, 3.05) is 47.3 Å². The molecule has 1 aliphatic heterocycles. The summed E-state index contributed by atoms with van der Waals surface area (Å²) >= 11 is 1.22. The fourth-order valence-corrected chi connectivity index (χ4v) is 5.43. The molecule has 0 radical (unpaired) electrons. The van der Waals surface area contributed by atoms with Gasteiger partial charge in [0.25, 0.3) is 10.0 Å². The van der Waals surface area contributed by atoms with Crippen LogP contribution in [0.1, 0.15) is 19.3 Å². The second-order valence-electron chi connectivity index (χ2n) is 6.54. The zero-order valence-corrected chi connectivity index (χ0v) is 17.8. The van der Waals surface area contributed by atoms with E-state index in [1.807, 2.05) is 0 Å². The third-order valence-electron chi connectivity index (χ3n) is 4.75. The number of carbonyl (C=O) groups excluding carboxylic acids is 1. The van der Waals surface area contributed by atoms with Gasteiger partial charge in [0.15, 0.2) is 5.96 Å². The Hall–Kier alpha value is -1.65. The van der Waals surface area contributed by atoms with Crippen molar-refractivity contribution >= 4 is 33.2 Å². The van der Waals surface area contributed by atoms with Crippen molar-refractivity contribution in [3.63, 3.8) is 0 Å². The largest absolute Gasteiger partial charge is 0.359 e. The molecule has 2 N–H and O–H groups in total. The number of piperidine rings is 1. The number of hydrogen-bond acceptors (Lipinski definition) is 5. The van der Waals surface area contributed by atoms with Gasteiger partial charge in [-0.25, -0.2) is 8.42 Å². The highest BCUT2D eigenvalue weighted by Gasteiger charge is 2.24. The van der Waals surface area contributed by atoms with Crippen molar-refractivity contribution in [1.29, 1.82) is 0 Å². The van der Waals surface area contributed by atoms with E-state index in [9.17, 15) is 13.2 Å². The lowest BCUT2D eigenvalue weighted by molar-refractivity contribution is -0.121. The van der Waals surface area contributed by atoms with Gasteiger partial charge in [-0.05, 0) is 30.2 Å². The number of nitrogens with zero attached hydrogens (tertiary/aromatic N) is 3. The molecular weight excluding hydrogens is 386 g/mol. The van der Waals surface area contributed by atoms with Crippen LogP contribution in [0.3, 0.4) is 0 Å². The highest BCUT2D eigenvalue weighted by atomic mass is 32.2. The summed E-state index contributed by atoms with van der Waals surface area (Å²) in [6.07, 6.45) is 2.46. The minimum absolute atomic E-state index is 0.0888. The Morgan fingerprint density at radius 1 is 1.41 bits per heavy atom. The molecule has 1 fully saturated rings. The van der Waals surface area contributed by atoms with Crippen molar-refractivity contribution in [3.8, 4) is 0 Å². The quantitative estimate of drug-likeness (QED) is 0.507. The molecule has 0 bridgehead atoms. The van der Waals surface area contributed by atoms with Crippen LogP contribution >= 0.6 is 11.3 Å². The van der Waals surface area contributed by atoms with Gasteiger partial charge in [0, 0.05) is 53.7 Å². The van der Waals surface area contributed by atoms with Crippen molar-refractivity contribution in [2.24, 2.45) is 10.9 Å². The number of likely N-dealkylation sites (tertiary alicyclic amines) is 1. The van der Waals surface area contributed by atoms with Gasteiger partial charge in [-0.1, -0.05) is 6.07 Å². The fraction of sp³-hybridized carbons (Fsp3) is 0.647. The van der Waals surface area contributed by atoms with Gasteiger partial charge in [-0.3, -0.25) is 9.79 Å². The Kier molecular flexibility index (Phi) is 8.06. The van der Waals surface area contributed by atoms with Gasteiger partial charge in [0.2, 0.25) is 5.91 Å². The Morgan fingerprint density at radius 2 is 2.11 bits per heavy atom. The Balaban J connectivity index is 1.79. The van der Waals surface area contributed by atoms with E-state index in [1.165, 1.54) is 15.6 Å². The number of thiophene rings is 1. The van der Waals surface area contributed by atoms with Gasteiger partial charge in [-0.2, -0.15) is 4.31 Å². The lowest BCUT2D eigenvalue weighted by Crippen LogP contribution is -2.47. The van der Waals surface area contributed by atoms with E-state index in [4.69, 9.17) is 0 Å². The van der Waals surface area contributed by atoms with E-state index >= 15 is 0 Å². The molecule has 0 aliphatic carbocycles. The van der Waals surface area contributed by atoms with Crippen LogP contribution in [0.5, 0.6) is 0 Å². The van der Waals surface area contributed by atoms with E-state index in [0.717, 1.165) is 31.9 Å². The summed E-state index contributed by atoms with van der Waals surface area (Å²) in [4.78, 5) is 18.0. The zero-order valence-electron chi connectivity index (χ0n) is 16.1. The maximum absolute atomic E-state index is 12.4. The number of sulfonamides is 1. The summed E-state index contributed by atoms with van der Waals surface area (Å²) in [5.41, 5.74) is 0. The predicted molar refractivity (Wildman–Crippen MR) is 108 cm³/mol. The molecule has 1 aromatic rings. The average Bonchev–Trinajstić information content (AvgIpc) is 3.21. The first-order valence-electron chi connectivity index (χ1n) is 9.04. The fourth-order valence-electron chi connectivity index (χ4n) is 3.05. The van der Waals surface area contributed by atoms with Gasteiger partial charge < -0.3 is 15.5 Å². The Bertz CT molecular complexity index is 726. The highest BCUT2D eigenvalue weighted by molar-refractivity contribution is 7.91. The molecule has 0 saturated carbocycles. The van der Waals surface area contributed by atoms with Crippen LogP contribution in [0.4, 0.5) is 0 Å². The summed E-state index contributed by atoms with van der Waals surface area (Å²) in [6.45, 7) is 2.51. The molecule has 0 spiro atoms. The van der Waals surface area contributed by atoms with E-state index < -0.39 is 10.0 Å². The van der Waals surface area contributed by atoms with Gasteiger partial charge >= 0.3 is 0 Å². The first-order valence-corrected chi connectivity index (χ1v) is 11.4. The first kappa shape index (κ1) is 21.6. The summed E-state index contributed by atoms with van der Waals surface area (Å²) in [5.74, 6) is 1.27. The summed E-state index contributed by atoms with van der Waals surface area (Å²) in [6, 6.07) is 3.35. The van der Waals surface area contributed by atoms with Crippen LogP contribution in [0, 0.1) is 5.92 Å². The van der Waals surface area contributed by atoms with Gasteiger partial charge in [0.1, 0.15) is 4.21 Å². The van der Waals surface area contributed by atoms with Gasteiger partial charge in [0.05, 0.1) is 0 Å². The van der Waals surface area contributed by atoms with Crippen LogP contribution < -0.4 is 10.6 Å². The maximum atomic E-state index is 12.4. The number of aliphatic imine (C=N–C) groups is 1. The van der Waals surface area contributed by atoms with Crippen LogP contribution in [0.2, 0.25) is 0 Å². The second-order valence-corrected chi connectivity index (χ2v) is 9.76. The minimum atomic E-state index is -3.43. The average molecular weight is 416 g/mol. The molecule has 1 amide bonds. The van der Waals surface area contributed by atoms with E-state index in [1.54, 1.807) is 38.7 Å².